The van der Waals surface area contributed by atoms with Crippen LogP contribution in [0.15, 0.2) is 36.5 Å². The summed E-state index contributed by atoms with van der Waals surface area (Å²) < 4.78 is 5.86. The highest BCUT2D eigenvalue weighted by atomic mass is 32.1. The largest absolute Gasteiger partial charge is 0.439 e. The summed E-state index contributed by atoms with van der Waals surface area (Å²) in [4.78, 5) is 4.53. The van der Waals surface area contributed by atoms with Crippen LogP contribution < -0.4 is 10.5 Å². The molecule has 104 valence electrons. The minimum Gasteiger partial charge on any atom is -0.439 e. The van der Waals surface area contributed by atoms with Gasteiger partial charge in [0.05, 0.1) is 0 Å². The smallest absolute Gasteiger partial charge is 0.219 e. The fraction of sp³-hybridized carbons (Fsp3) is 0.250. The molecule has 0 fully saturated rings. The van der Waals surface area contributed by atoms with Gasteiger partial charge in [-0.1, -0.05) is 38.2 Å². The molecule has 0 spiro atoms. The van der Waals surface area contributed by atoms with E-state index in [2.05, 4.69) is 37.0 Å². The van der Waals surface area contributed by atoms with Gasteiger partial charge in [-0.05, 0) is 36.1 Å². The van der Waals surface area contributed by atoms with Crippen molar-refractivity contribution in [2.24, 2.45) is 5.73 Å². The molecule has 2 aromatic rings. The maximum atomic E-state index is 5.86. The van der Waals surface area contributed by atoms with E-state index in [4.69, 9.17) is 22.7 Å². The summed E-state index contributed by atoms with van der Waals surface area (Å²) in [6.45, 7) is 6.32. The lowest BCUT2D eigenvalue weighted by Crippen LogP contribution is -2.09. The van der Waals surface area contributed by atoms with Gasteiger partial charge in [0, 0.05) is 17.8 Å². The average Bonchev–Trinajstić information content (AvgIpc) is 2.41. The van der Waals surface area contributed by atoms with Crippen molar-refractivity contribution in [1.29, 1.82) is 0 Å². The molecule has 4 heteroatoms. The van der Waals surface area contributed by atoms with Crippen LogP contribution in [0.25, 0.3) is 0 Å². The van der Waals surface area contributed by atoms with Crippen molar-refractivity contribution in [2.75, 3.05) is 0 Å². The van der Waals surface area contributed by atoms with E-state index in [0.717, 1.165) is 16.9 Å². The van der Waals surface area contributed by atoms with Crippen molar-refractivity contribution >= 4 is 17.2 Å². The Kier molecular flexibility index (Phi) is 4.35. The lowest BCUT2D eigenvalue weighted by Gasteiger charge is -2.12. The molecule has 0 radical (unpaired) electrons. The highest BCUT2D eigenvalue weighted by molar-refractivity contribution is 7.80. The first-order valence-corrected chi connectivity index (χ1v) is 6.92. The van der Waals surface area contributed by atoms with Crippen molar-refractivity contribution in [3.63, 3.8) is 0 Å². The molecule has 0 atom stereocenters. The van der Waals surface area contributed by atoms with Crippen LogP contribution in [-0.4, -0.2) is 9.97 Å². The third-order valence-electron chi connectivity index (χ3n) is 3.11. The first kappa shape index (κ1) is 14.5. The van der Waals surface area contributed by atoms with Crippen molar-refractivity contribution in [2.45, 2.75) is 26.7 Å². The molecule has 0 saturated carbocycles. The second-order valence-electron chi connectivity index (χ2n) is 5.03. The molecule has 1 aromatic heterocycles. The van der Waals surface area contributed by atoms with Gasteiger partial charge in [0.1, 0.15) is 10.7 Å². The number of nitrogens with two attached hydrogens (primary N) is 1. The summed E-state index contributed by atoms with van der Waals surface area (Å²) in [7, 11) is 0. The van der Waals surface area contributed by atoms with Gasteiger partial charge in [0.2, 0.25) is 5.88 Å². The molecule has 0 aliphatic heterocycles. The van der Waals surface area contributed by atoms with E-state index in [1.807, 2.05) is 6.92 Å². The minimum atomic E-state index is 0.338. The zero-order chi connectivity index (χ0) is 14.7. The number of benzene rings is 1. The molecule has 0 saturated heterocycles. The summed E-state index contributed by atoms with van der Waals surface area (Å²) >= 11 is 4.96. The number of hydrogen-bond acceptors (Lipinski definition) is 3. The topological polar surface area (TPSA) is 48.1 Å². The molecule has 2 rings (SSSR count). The second-order valence-corrected chi connectivity index (χ2v) is 5.47. The predicted octanol–water partition coefficient (Wildman–Crippen LogP) is 3.94. The average molecular weight is 286 g/mol. The SMILES string of the molecule is Cc1ccc(C(C)C)cc1Oc1cc(C(N)=S)ccn1. The van der Waals surface area contributed by atoms with Gasteiger partial charge in [-0.25, -0.2) is 4.98 Å². The van der Waals surface area contributed by atoms with Crippen LogP contribution in [0.2, 0.25) is 0 Å². The summed E-state index contributed by atoms with van der Waals surface area (Å²) in [6, 6.07) is 9.75. The molecular formula is C16H18N2OS. The van der Waals surface area contributed by atoms with Crippen LogP contribution >= 0.6 is 12.2 Å². The highest BCUT2D eigenvalue weighted by Gasteiger charge is 2.07. The first-order chi connectivity index (χ1) is 9.47. The standard InChI is InChI=1S/C16H18N2OS/c1-10(2)12-5-4-11(3)14(8-12)19-15-9-13(16(17)20)6-7-18-15/h4-10H,1-3H3,(H2,17,20). The van der Waals surface area contributed by atoms with Gasteiger partial charge in [-0.15, -0.1) is 0 Å². The minimum absolute atomic E-state index is 0.338. The predicted molar refractivity (Wildman–Crippen MR) is 85.5 cm³/mol. The van der Waals surface area contributed by atoms with E-state index in [1.54, 1.807) is 18.3 Å². The Labute approximate surface area is 124 Å². The van der Waals surface area contributed by atoms with Gasteiger partial charge >= 0.3 is 0 Å². The van der Waals surface area contributed by atoms with Gasteiger partial charge in [-0.3, -0.25) is 0 Å². The third kappa shape index (κ3) is 3.33. The van der Waals surface area contributed by atoms with Gasteiger partial charge in [-0.2, -0.15) is 0 Å². The van der Waals surface area contributed by atoms with Gasteiger partial charge in [0.25, 0.3) is 0 Å². The molecule has 0 unspecified atom stereocenters. The first-order valence-electron chi connectivity index (χ1n) is 6.51. The molecule has 0 aliphatic carbocycles. The van der Waals surface area contributed by atoms with Crippen LogP contribution in [0.4, 0.5) is 0 Å². The lowest BCUT2D eigenvalue weighted by atomic mass is 10.0. The van der Waals surface area contributed by atoms with E-state index < -0.39 is 0 Å². The van der Waals surface area contributed by atoms with Crippen molar-refractivity contribution in [3.05, 3.63) is 53.2 Å². The fourth-order valence-electron chi connectivity index (χ4n) is 1.82. The zero-order valence-electron chi connectivity index (χ0n) is 11.9. The fourth-order valence-corrected chi connectivity index (χ4v) is 1.94. The molecule has 3 nitrogen and oxygen atoms in total. The summed E-state index contributed by atoms with van der Waals surface area (Å²) in [6.07, 6.45) is 1.64. The Bertz CT molecular complexity index is 638. The number of pyridine rings is 1. The van der Waals surface area contributed by atoms with E-state index in [-0.39, 0.29) is 0 Å². The van der Waals surface area contributed by atoms with Gasteiger partial charge in [0.15, 0.2) is 0 Å². The molecular weight excluding hydrogens is 268 g/mol. The van der Waals surface area contributed by atoms with Gasteiger partial charge < -0.3 is 10.5 Å². The molecule has 2 N–H and O–H groups in total. The quantitative estimate of drug-likeness (QED) is 0.865. The molecule has 0 aliphatic rings. The van der Waals surface area contributed by atoms with Crippen molar-refractivity contribution < 1.29 is 4.74 Å². The van der Waals surface area contributed by atoms with Crippen LogP contribution in [0.3, 0.4) is 0 Å². The summed E-state index contributed by atoms with van der Waals surface area (Å²) in [5, 5.41) is 0. The maximum Gasteiger partial charge on any atom is 0.219 e. The van der Waals surface area contributed by atoms with Crippen molar-refractivity contribution in [3.8, 4) is 11.6 Å². The second kappa shape index (κ2) is 6.01. The number of rotatable bonds is 4. The summed E-state index contributed by atoms with van der Waals surface area (Å²) in [5.41, 5.74) is 8.67. The van der Waals surface area contributed by atoms with E-state index in [1.165, 1.54) is 5.56 Å². The summed E-state index contributed by atoms with van der Waals surface area (Å²) in [5.74, 6) is 1.76. The third-order valence-corrected chi connectivity index (χ3v) is 3.35. The Morgan fingerprint density at radius 2 is 2.00 bits per heavy atom. The monoisotopic (exact) mass is 286 g/mol. The van der Waals surface area contributed by atoms with E-state index in [0.29, 0.717) is 16.8 Å². The molecule has 1 heterocycles. The lowest BCUT2D eigenvalue weighted by molar-refractivity contribution is 0.458. The molecule has 0 amide bonds. The Morgan fingerprint density at radius 3 is 2.65 bits per heavy atom. The van der Waals surface area contributed by atoms with E-state index in [9.17, 15) is 0 Å². The number of hydrogen-bond donors (Lipinski definition) is 1. The molecule has 0 bridgehead atoms. The normalized spacial score (nSPS) is 10.6. The van der Waals surface area contributed by atoms with E-state index >= 15 is 0 Å². The van der Waals surface area contributed by atoms with Crippen molar-refractivity contribution in [1.82, 2.24) is 4.98 Å². The number of aryl methyl sites for hydroxylation is 1. The van der Waals surface area contributed by atoms with Crippen LogP contribution in [0.1, 0.15) is 36.5 Å². The van der Waals surface area contributed by atoms with Crippen LogP contribution in [0.5, 0.6) is 11.6 Å². The van der Waals surface area contributed by atoms with Crippen LogP contribution in [0, 0.1) is 6.92 Å². The Hall–Kier alpha value is -1.94. The molecule has 20 heavy (non-hydrogen) atoms. The Morgan fingerprint density at radius 1 is 1.25 bits per heavy atom. The number of thiocarbonyl (C=S) groups is 1. The number of aromatic nitrogens is 1. The zero-order valence-corrected chi connectivity index (χ0v) is 12.7. The number of ether oxygens (including phenoxy) is 1. The molecule has 1 aromatic carbocycles. The van der Waals surface area contributed by atoms with Crippen LogP contribution in [-0.2, 0) is 0 Å². The highest BCUT2D eigenvalue weighted by Crippen LogP contribution is 2.28. The Balaban J connectivity index is 2.32. The number of nitrogens with zero attached hydrogens (tertiary/aromatic N) is 1. The maximum absolute atomic E-state index is 5.86.